The van der Waals surface area contributed by atoms with Crippen LogP contribution >= 0.6 is 0 Å². The fraction of sp³-hybridized carbons (Fsp3) is 0.800. The summed E-state index contributed by atoms with van der Waals surface area (Å²) < 4.78 is 28.9. The molecule has 0 aromatic heterocycles. The molecule has 0 aliphatic carbocycles. The van der Waals surface area contributed by atoms with E-state index >= 15 is 0 Å². The number of carbonyl (C=O) groups excluding carboxylic acids is 2. The molecule has 0 radical (unpaired) electrons. The van der Waals surface area contributed by atoms with Crippen LogP contribution in [0.1, 0.15) is 20.3 Å². The van der Waals surface area contributed by atoms with Crippen LogP contribution in [0, 0.1) is 5.92 Å². The van der Waals surface area contributed by atoms with Crippen molar-refractivity contribution in [2.24, 2.45) is 5.92 Å². The summed E-state index contributed by atoms with van der Waals surface area (Å²) in [6.45, 7) is 3.45. The van der Waals surface area contributed by atoms with E-state index in [1.165, 1.54) is 7.11 Å². The van der Waals surface area contributed by atoms with Crippen LogP contribution in [-0.4, -0.2) is 46.2 Å². The highest BCUT2D eigenvalue weighted by atomic mass is 32.2. The molecule has 7 nitrogen and oxygen atoms in total. The fourth-order valence-electron chi connectivity index (χ4n) is 1.29. The van der Waals surface area contributed by atoms with Crippen LogP contribution < -0.4 is 10.0 Å². The van der Waals surface area contributed by atoms with E-state index in [1.807, 2.05) is 13.8 Å². The molecule has 2 N–H and O–H groups in total. The van der Waals surface area contributed by atoms with E-state index < -0.39 is 27.9 Å². The fourth-order valence-corrected chi connectivity index (χ4v) is 2.01. The molecule has 0 aliphatic rings. The average molecular weight is 280 g/mol. The third-order valence-corrected chi connectivity index (χ3v) is 2.73. The van der Waals surface area contributed by atoms with Crippen LogP contribution in [0.5, 0.6) is 0 Å². The van der Waals surface area contributed by atoms with Gasteiger partial charge in [0.1, 0.15) is 12.6 Å². The smallest absolute Gasteiger partial charge is 0.325 e. The van der Waals surface area contributed by atoms with Gasteiger partial charge in [0.05, 0.1) is 13.4 Å². The Balaban J connectivity index is 4.55. The van der Waals surface area contributed by atoms with E-state index in [2.05, 4.69) is 14.8 Å². The van der Waals surface area contributed by atoms with E-state index in [0.717, 1.165) is 6.26 Å². The van der Waals surface area contributed by atoms with Gasteiger partial charge in [-0.3, -0.25) is 9.59 Å². The Morgan fingerprint density at radius 2 is 1.83 bits per heavy atom. The molecule has 0 aromatic rings. The average Bonchev–Trinajstić information content (AvgIpc) is 2.21. The maximum Gasteiger partial charge on any atom is 0.325 e. The van der Waals surface area contributed by atoms with E-state index in [9.17, 15) is 18.0 Å². The minimum atomic E-state index is -3.49. The monoisotopic (exact) mass is 280 g/mol. The Hall–Kier alpha value is -1.15. The van der Waals surface area contributed by atoms with E-state index in [-0.39, 0.29) is 12.5 Å². The second kappa shape index (κ2) is 7.32. The van der Waals surface area contributed by atoms with Crippen molar-refractivity contribution in [1.82, 2.24) is 10.0 Å². The van der Waals surface area contributed by atoms with Gasteiger partial charge < -0.3 is 10.1 Å². The molecule has 18 heavy (non-hydrogen) atoms. The van der Waals surface area contributed by atoms with Crippen molar-refractivity contribution in [3.63, 3.8) is 0 Å². The summed E-state index contributed by atoms with van der Waals surface area (Å²) in [7, 11) is -2.28. The zero-order valence-electron chi connectivity index (χ0n) is 11.0. The summed E-state index contributed by atoms with van der Waals surface area (Å²) in [6.07, 6.45) is 1.33. The number of sulfonamides is 1. The molecule has 0 fully saturated rings. The second-order valence-electron chi connectivity index (χ2n) is 4.37. The number of esters is 1. The minimum absolute atomic E-state index is 0.133. The topological polar surface area (TPSA) is 102 Å². The highest BCUT2D eigenvalue weighted by Crippen LogP contribution is 2.05. The van der Waals surface area contributed by atoms with Gasteiger partial charge in [0.15, 0.2) is 0 Å². The molecule has 0 spiro atoms. The standard InChI is InChI=1S/C10H20N2O5S/c1-7(2)5-8(12-18(4,15)16)10(14)11-6-9(13)17-3/h7-8,12H,5-6H2,1-4H3,(H,11,14). The lowest BCUT2D eigenvalue weighted by Crippen LogP contribution is -2.48. The van der Waals surface area contributed by atoms with Crippen LogP contribution in [0.4, 0.5) is 0 Å². The minimum Gasteiger partial charge on any atom is -0.468 e. The van der Waals surface area contributed by atoms with Crippen molar-refractivity contribution in [1.29, 1.82) is 0 Å². The van der Waals surface area contributed by atoms with Crippen molar-refractivity contribution in [3.05, 3.63) is 0 Å². The molecule has 0 saturated carbocycles. The van der Waals surface area contributed by atoms with Gasteiger partial charge in [-0.05, 0) is 12.3 Å². The number of amides is 1. The Bertz CT molecular complexity index is 391. The van der Waals surface area contributed by atoms with Gasteiger partial charge in [-0.25, -0.2) is 13.1 Å². The summed E-state index contributed by atoms with van der Waals surface area (Å²) >= 11 is 0. The number of ether oxygens (including phenoxy) is 1. The number of hydrogen-bond acceptors (Lipinski definition) is 5. The van der Waals surface area contributed by atoms with E-state index in [1.54, 1.807) is 0 Å². The predicted molar refractivity (Wildman–Crippen MR) is 66.2 cm³/mol. The zero-order valence-corrected chi connectivity index (χ0v) is 11.8. The largest absolute Gasteiger partial charge is 0.468 e. The van der Waals surface area contributed by atoms with Crippen LogP contribution in [0.25, 0.3) is 0 Å². The summed E-state index contributed by atoms with van der Waals surface area (Å²) in [5, 5.41) is 2.32. The third-order valence-electron chi connectivity index (χ3n) is 2.01. The van der Waals surface area contributed by atoms with Crippen molar-refractivity contribution in [2.45, 2.75) is 26.3 Å². The molecular formula is C10H20N2O5S. The predicted octanol–water partition coefficient (Wildman–Crippen LogP) is -0.760. The maximum atomic E-state index is 11.7. The lowest BCUT2D eigenvalue weighted by molar-refractivity contribution is -0.141. The van der Waals surface area contributed by atoms with E-state index in [4.69, 9.17) is 0 Å². The SMILES string of the molecule is COC(=O)CNC(=O)C(CC(C)C)NS(C)(=O)=O. The van der Waals surface area contributed by atoms with Crippen LogP contribution in [-0.2, 0) is 24.3 Å². The van der Waals surface area contributed by atoms with Crippen molar-refractivity contribution in [3.8, 4) is 0 Å². The molecule has 0 rings (SSSR count). The molecule has 1 atom stereocenters. The van der Waals surface area contributed by atoms with Gasteiger partial charge in [-0.2, -0.15) is 0 Å². The maximum absolute atomic E-state index is 11.7. The van der Waals surface area contributed by atoms with Gasteiger partial charge in [-0.1, -0.05) is 13.8 Å². The van der Waals surface area contributed by atoms with Gasteiger partial charge in [0.2, 0.25) is 15.9 Å². The molecule has 0 saturated heterocycles. The highest BCUT2D eigenvalue weighted by molar-refractivity contribution is 7.88. The first-order valence-electron chi connectivity index (χ1n) is 5.47. The Morgan fingerprint density at radius 1 is 1.28 bits per heavy atom. The lowest BCUT2D eigenvalue weighted by atomic mass is 10.0. The quantitative estimate of drug-likeness (QED) is 0.597. The van der Waals surface area contributed by atoms with Gasteiger partial charge >= 0.3 is 5.97 Å². The third kappa shape index (κ3) is 8.02. The summed E-state index contributed by atoms with van der Waals surface area (Å²) in [6, 6.07) is -0.885. The Morgan fingerprint density at radius 3 is 2.22 bits per heavy atom. The second-order valence-corrected chi connectivity index (χ2v) is 6.15. The Kier molecular flexibility index (Phi) is 6.85. The Labute approximate surface area is 107 Å². The molecule has 0 aromatic carbocycles. The van der Waals surface area contributed by atoms with Crippen molar-refractivity contribution in [2.75, 3.05) is 19.9 Å². The summed E-state index contributed by atoms with van der Waals surface area (Å²) in [5.74, 6) is -1.00. The number of methoxy groups -OCH3 is 1. The van der Waals surface area contributed by atoms with Crippen LogP contribution in [0.15, 0.2) is 0 Å². The number of hydrogen-bond donors (Lipinski definition) is 2. The number of rotatable bonds is 7. The molecule has 8 heteroatoms. The lowest BCUT2D eigenvalue weighted by Gasteiger charge is -2.18. The molecule has 1 unspecified atom stereocenters. The first-order chi connectivity index (χ1) is 8.15. The molecule has 0 heterocycles. The molecular weight excluding hydrogens is 260 g/mol. The van der Waals surface area contributed by atoms with Crippen LogP contribution in [0.3, 0.4) is 0 Å². The van der Waals surface area contributed by atoms with Gasteiger partial charge in [0.25, 0.3) is 0 Å². The number of carbonyl (C=O) groups is 2. The molecule has 106 valence electrons. The first-order valence-corrected chi connectivity index (χ1v) is 7.36. The highest BCUT2D eigenvalue weighted by Gasteiger charge is 2.23. The molecule has 1 amide bonds. The van der Waals surface area contributed by atoms with E-state index in [0.29, 0.717) is 6.42 Å². The van der Waals surface area contributed by atoms with Crippen molar-refractivity contribution < 1.29 is 22.7 Å². The first kappa shape index (κ1) is 16.9. The summed E-state index contributed by atoms with van der Waals surface area (Å²) in [5.41, 5.74) is 0. The van der Waals surface area contributed by atoms with Gasteiger partial charge in [-0.15, -0.1) is 0 Å². The normalized spacial score (nSPS) is 13.2. The zero-order chi connectivity index (χ0) is 14.3. The molecule has 0 aliphatic heterocycles. The van der Waals surface area contributed by atoms with Crippen LogP contribution in [0.2, 0.25) is 0 Å². The van der Waals surface area contributed by atoms with Gasteiger partial charge in [0, 0.05) is 0 Å². The van der Waals surface area contributed by atoms with Crippen molar-refractivity contribution >= 4 is 21.9 Å². The molecule has 0 bridgehead atoms. The number of nitrogens with one attached hydrogen (secondary N) is 2. The summed E-state index contributed by atoms with van der Waals surface area (Å²) in [4.78, 5) is 22.6.